The lowest BCUT2D eigenvalue weighted by Crippen LogP contribution is -2.29. The van der Waals surface area contributed by atoms with E-state index in [9.17, 15) is 14.1 Å². The van der Waals surface area contributed by atoms with Crippen molar-refractivity contribution in [2.24, 2.45) is 0 Å². The number of nitrogens with zero attached hydrogens (tertiary/aromatic N) is 4. The average Bonchev–Trinajstić information content (AvgIpc) is 3.01. The summed E-state index contributed by atoms with van der Waals surface area (Å²) in [5, 5.41) is 10.0. The molecule has 1 fully saturated rings. The third-order valence-electron chi connectivity index (χ3n) is 3.36. The summed E-state index contributed by atoms with van der Waals surface area (Å²) >= 11 is 3.32. The van der Waals surface area contributed by atoms with E-state index in [1.54, 1.807) is 0 Å². The predicted molar refractivity (Wildman–Crippen MR) is 79.3 cm³/mol. The molecule has 0 aliphatic carbocycles. The highest BCUT2D eigenvalue weighted by Gasteiger charge is 2.46. The Labute approximate surface area is 134 Å². The van der Waals surface area contributed by atoms with Crippen molar-refractivity contribution in [2.75, 3.05) is 12.3 Å². The van der Waals surface area contributed by atoms with Crippen LogP contribution in [0.25, 0.3) is 11.2 Å². The number of anilines is 1. The molecule has 3 rings (SSSR count). The average molecular weight is 365 g/mol. The molecule has 4 N–H and O–H groups in total. The molecule has 1 saturated heterocycles. The fourth-order valence-electron chi connectivity index (χ4n) is 2.30. The summed E-state index contributed by atoms with van der Waals surface area (Å²) in [7, 11) is 0. The van der Waals surface area contributed by atoms with Crippen molar-refractivity contribution in [1.82, 2.24) is 19.5 Å². The number of nitrogen functional groups attached to an aromatic ring is 1. The first-order valence-corrected chi connectivity index (χ1v) is 9.11. The number of hydrogen-bond acceptors (Lipinski definition) is 8. The largest absolute Gasteiger partial charge is 0.385 e. The van der Waals surface area contributed by atoms with E-state index >= 15 is 0 Å². The lowest BCUT2D eigenvalue weighted by Gasteiger charge is -2.16. The maximum Gasteiger partial charge on any atom is 0.383 e. The van der Waals surface area contributed by atoms with Gasteiger partial charge in [0.25, 0.3) is 0 Å². The summed E-state index contributed by atoms with van der Waals surface area (Å²) in [5.41, 5.74) is 6.21. The Kier molecular flexibility index (Phi) is 4.29. The number of aliphatic hydroxyl groups is 1. The molecule has 5 atom stereocenters. The van der Waals surface area contributed by atoms with Gasteiger partial charge < -0.3 is 20.5 Å². The van der Waals surface area contributed by atoms with Gasteiger partial charge in [0.15, 0.2) is 23.9 Å². The van der Waals surface area contributed by atoms with Gasteiger partial charge in [-0.05, 0) is 0 Å². The van der Waals surface area contributed by atoms with Gasteiger partial charge in [0.1, 0.15) is 24.1 Å². The van der Waals surface area contributed by atoms with Crippen LogP contribution in [0.3, 0.4) is 0 Å². The third kappa shape index (κ3) is 3.18. The molecule has 0 radical (unpaired) electrons. The van der Waals surface area contributed by atoms with Crippen LogP contribution in [0.2, 0.25) is 0 Å². The molecule has 0 saturated carbocycles. The number of ether oxygens (including phenoxy) is 1. The zero-order valence-electron chi connectivity index (χ0n) is 11.4. The minimum atomic E-state index is -4.08. The van der Waals surface area contributed by atoms with E-state index in [4.69, 9.17) is 15.4 Å². The zero-order chi connectivity index (χ0) is 16.8. The fraction of sp³-hybridized carbons (Fsp3) is 0.500. The molecule has 0 spiro atoms. The van der Waals surface area contributed by atoms with Gasteiger partial charge in [-0.1, -0.05) is 12.2 Å². The molecule has 4 unspecified atom stereocenters. The highest BCUT2D eigenvalue weighted by Crippen LogP contribution is 2.47. The molecule has 3 heterocycles. The second-order valence-electron chi connectivity index (χ2n) is 4.87. The molecule has 0 aromatic carbocycles. The Hall–Kier alpha value is -1.30. The topological polar surface area (TPSA) is 146 Å². The van der Waals surface area contributed by atoms with Gasteiger partial charge >= 0.3 is 6.80 Å². The number of alkyl halides is 1. The second kappa shape index (κ2) is 5.96. The number of thiol groups is 1. The van der Waals surface area contributed by atoms with Crippen molar-refractivity contribution in [1.29, 1.82) is 0 Å². The van der Waals surface area contributed by atoms with E-state index in [2.05, 4.69) is 31.7 Å². The number of aliphatic hydroxyl groups excluding tert-OH is 1. The molecule has 10 nitrogen and oxygen atoms in total. The van der Waals surface area contributed by atoms with E-state index in [0.29, 0.717) is 0 Å². The van der Waals surface area contributed by atoms with Gasteiger partial charge in [-0.25, -0.2) is 23.9 Å². The van der Waals surface area contributed by atoms with E-state index < -0.39 is 38.0 Å². The van der Waals surface area contributed by atoms with Gasteiger partial charge in [-0.15, -0.1) is 0 Å². The van der Waals surface area contributed by atoms with Gasteiger partial charge in [-0.3, -0.25) is 9.09 Å². The Bertz CT molecular complexity index is 771. The Morgan fingerprint density at radius 2 is 2.26 bits per heavy atom. The van der Waals surface area contributed by atoms with Crippen molar-refractivity contribution >= 4 is 36.0 Å². The van der Waals surface area contributed by atoms with E-state index in [1.165, 1.54) is 17.2 Å². The molecule has 1 aliphatic rings. The van der Waals surface area contributed by atoms with Crippen molar-refractivity contribution < 1.29 is 28.2 Å². The Morgan fingerprint density at radius 1 is 1.52 bits per heavy atom. The van der Waals surface area contributed by atoms with Crippen LogP contribution in [0.15, 0.2) is 12.7 Å². The Morgan fingerprint density at radius 3 is 2.96 bits per heavy atom. The van der Waals surface area contributed by atoms with E-state index in [0.717, 1.165) is 0 Å². The molecular formula is C10H13FN5O5PS. The van der Waals surface area contributed by atoms with Crippen LogP contribution >= 0.6 is 19.0 Å². The van der Waals surface area contributed by atoms with Crippen molar-refractivity contribution in [3.05, 3.63) is 12.7 Å². The number of halogens is 1. The minimum absolute atomic E-state index is 0.134. The highest BCUT2D eigenvalue weighted by molar-refractivity contribution is 8.44. The van der Waals surface area contributed by atoms with Gasteiger partial charge in [0.05, 0.1) is 12.9 Å². The normalized spacial score (nSPS) is 30.6. The first kappa shape index (κ1) is 16.6. The van der Waals surface area contributed by atoms with Crippen LogP contribution < -0.4 is 5.73 Å². The smallest absolute Gasteiger partial charge is 0.383 e. The van der Waals surface area contributed by atoms with Crippen LogP contribution in [0, 0.1) is 0 Å². The number of fused-ring (bicyclic) bond motifs is 1. The molecule has 13 heteroatoms. The SMILES string of the molecule is Nc1ncnc2c1ncn2C1OC(COP(=O)(O)S)C(F)[C@@H]1O. The van der Waals surface area contributed by atoms with Gasteiger partial charge in [-0.2, -0.15) is 0 Å². The maximum absolute atomic E-state index is 14.1. The summed E-state index contributed by atoms with van der Waals surface area (Å²) in [6, 6.07) is 0. The summed E-state index contributed by atoms with van der Waals surface area (Å²) in [6.45, 7) is -4.63. The van der Waals surface area contributed by atoms with Gasteiger partial charge in [0, 0.05) is 0 Å². The van der Waals surface area contributed by atoms with Crippen molar-refractivity contribution in [3.8, 4) is 0 Å². The molecule has 23 heavy (non-hydrogen) atoms. The van der Waals surface area contributed by atoms with Crippen LogP contribution in [-0.4, -0.2) is 54.5 Å². The minimum Gasteiger partial charge on any atom is -0.385 e. The summed E-state index contributed by atoms with van der Waals surface area (Å²) in [4.78, 5) is 20.7. The quantitative estimate of drug-likeness (QED) is 0.436. The highest BCUT2D eigenvalue weighted by atomic mass is 32.7. The molecule has 2 aromatic rings. The van der Waals surface area contributed by atoms with Gasteiger partial charge in [0.2, 0.25) is 0 Å². The fourth-order valence-corrected chi connectivity index (χ4v) is 2.84. The standard InChI is InChI=1S/C10H13FN5O5PS/c11-5-4(1-20-22(18,19)23)21-10(7(5)17)16-3-15-6-8(12)13-2-14-9(6)16/h2-5,7,10,17H,1H2,(H2,12,13,14)(H2,18,19,23)/t4?,5?,7-,10?/m0/s1. The van der Waals surface area contributed by atoms with Crippen molar-refractivity contribution in [2.45, 2.75) is 24.6 Å². The third-order valence-corrected chi connectivity index (χ3v) is 4.19. The maximum atomic E-state index is 14.1. The van der Waals surface area contributed by atoms with Crippen LogP contribution in [-0.2, 0) is 13.8 Å². The van der Waals surface area contributed by atoms with Crippen LogP contribution in [0.4, 0.5) is 10.2 Å². The molecule has 1 aliphatic heterocycles. The Balaban J connectivity index is 1.85. The molecular weight excluding hydrogens is 352 g/mol. The number of aromatic nitrogens is 4. The summed E-state index contributed by atoms with van der Waals surface area (Å²) in [6.07, 6.45) is -3.29. The van der Waals surface area contributed by atoms with Crippen LogP contribution in [0.1, 0.15) is 6.23 Å². The number of imidazole rings is 1. The summed E-state index contributed by atoms with van der Waals surface area (Å²) in [5.74, 6) is 0.134. The molecule has 0 bridgehead atoms. The zero-order valence-corrected chi connectivity index (χ0v) is 13.2. The summed E-state index contributed by atoms with van der Waals surface area (Å²) < 4.78 is 36.4. The number of nitrogens with two attached hydrogens (primary N) is 1. The molecule has 0 amide bonds. The van der Waals surface area contributed by atoms with E-state index in [-0.39, 0.29) is 17.0 Å². The molecule has 2 aromatic heterocycles. The number of rotatable bonds is 4. The lowest BCUT2D eigenvalue weighted by molar-refractivity contribution is -0.0467. The predicted octanol–water partition coefficient (Wildman–Crippen LogP) is 0.0517. The molecule has 126 valence electrons. The van der Waals surface area contributed by atoms with Crippen LogP contribution in [0.5, 0.6) is 0 Å². The van der Waals surface area contributed by atoms with Crippen molar-refractivity contribution in [3.63, 3.8) is 0 Å². The lowest BCUT2D eigenvalue weighted by atomic mass is 10.1. The first-order chi connectivity index (χ1) is 10.8. The monoisotopic (exact) mass is 365 g/mol. The second-order valence-corrected chi connectivity index (χ2v) is 7.63. The number of hydrogen-bond donors (Lipinski definition) is 4. The first-order valence-electron chi connectivity index (χ1n) is 6.38. The van der Waals surface area contributed by atoms with E-state index in [1.807, 2.05) is 0 Å².